The number of hydrogen-bond acceptors (Lipinski definition) is 3. The van der Waals surface area contributed by atoms with E-state index in [0.29, 0.717) is 12.2 Å². The number of nitrogens with zero attached hydrogens (tertiary/aromatic N) is 2. The summed E-state index contributed by atoms with van der Waals surface area (Å²) in [5.41, 5.74) is 1.45. The van der Waals surface area contributed by atoms with E-state index in [1.54, 1.807) is 29.2 Å². The molecule has 0 atom stereocenters. The number of rotatable bonds is 6. The number of benzene rings is 1. The maximum absolute atomic E-state index is 12.1. The van der Waals surface area contributed by atoms with Gasteiger partial charge in [-0.1, -0.05) is 15.9 Å². The molecule has 0 fully saturated rings. The lowest BCUT2D eigenvalue weighted by atomic mass is 10.1. The third-order valence-corrected chi connectivity index (χ3v) is 3.42. The molecule has 1 heterocycles. The number of aromatic nitrogens is 2. The van der Waals surface area contributed by atoms with Crippen LogP contribution in [0.3, 0.4) is 0 Å². The summed E-state index contributed by atoms with van der Waals surface area (Å²) < 4.78 is 8.22. The van der Waals surface area contributed by atoms with Gasteiger partial charge >= 0.3 is 0 Å². The van der Waals surface area contributed by atoms with Crippen LogP contribution in [-0.2, 0) is 6.54 Å². The van der Waals surface area contributed by atoms with E-state index in [4.69, 9.17) is 4.74 Å². The van der Waals surface area contributed by atoms with Crippen LogP contribution in [0.2, 0.25) is 0 Å². The second-order valence-electron chi connectivity index (χ2n) is 4.40. The van der Waals surface area contributed by atoms with Gasteiger partial charge in [-0.15, -0.1) is 0 Å². The number of ketones is 1. The second kappa shape index (κ2) is 7.22. The van der Waals surface area contributed by atoms with Crippen molar-refractivity contribution in [1.29, 1.82) is 0 Å². The van der Waals surface area contributed by atoms with Gasteiger partial charge in [-0.2, -0.15) is 5.10 Å². The Hall–Kier alpha value is -1.88. The Morgan fingerprint density at radius 1 is 1.43 bits per heavy atom. The zero-order valence-corrected chi connectivity index (χ0v) is 13.6. The molecule has 5 heteroatoms. The van der Waals surface area contributed by atoms with Crippen molar-refractivity contribution in [3.8, 4) is 5.75 Å². The van der Waals surface area contributed by atoms with Gasteiger partial charge in [0.05, 0.1) is 18.4 Å². The molecule has 1 aromatic carbocycles. The standard InChI is InChI=1S/C16H17BrN2O2/c1-3-19-11-13(10-18-19)15(20)7-5-12-9-14(17)6-8-16(12)21-4-2/h5-11H,3-4H2,1-2H3/b7-5+. The molecule has 0 radical (unpaired) electrons. The molecule has 0 aliphatic heterocycles. The molecule has 1 aromatic heterocycles. The van der Waals surface area contributed by atoms with E-state index in [0.717, 1.165) is 22.3 Å². The summed E-state index contributed by atoms with van der Waals surface area (Å²) in [6, 6.07) is 5.71. The highest BCUT2D eigenvalue weighted by Gasteiger charge is 2.06. The van der Waals surface area contributed by atoms with Crippen molar-refractivity contribution in [2.24, 2.45) is 0 Å². The maximum atomic E-state index is 12.1. The number of ether oxygens (including phenoxy) is 1. The summed E-state index contributed by atoms with van der Waals surface area (Å²) >= 11 is 3.42. The molecule has 4 nitrogen and oxygen atoms in total. The van der Waals surface area contributed by atoms with Crippen molar-refractivity contribution in [3.63, 3.8) is 0 Å². The van der Waals surface area contributed by atoms with Crippen LogP contribution in [0.25, 0.3) is 6.08 Å². The Labute approximate surface area is 132 Å². The van der Waals surface area contributed by atoms with E-state index in [1.165, 1.54) is 0 Å². The van der Waals surface area contributed by atoms with Crippen molar-refractivity contribution < 1.29 is 9.53 Å². The van der Waals surface area contributed by atoms with Gasteiger partial charge in [-0.05, 0) is 44.2 Å². The number of allylic oxidation sites excluding steroid dienone is 1. The first-order valence-corrected chi connectivity index (χ1v) is 7.60. The van der Waals surface area contributed by atoms with Crippen molar-refractivity contribution in [1.82, 2.24) is 9.78 Å². The fourth-order valence-electron chi connectivity index (χ4n) is 1.86. The maximum Gasteiger partial charge on any atom is 0.189 e. The molecule has 0 saturated carbocycles. The lowest BCUT2D eigenvalue weighted by molar-refractivity contribution is 0.104. The lowest BCUT2D eigenvalue weighted by Crippen LogP contribution is -1.96. The fraction of sp³-hybridized carbons (Fsp3) is 0.250. The highest BCUT2D eigenvalue weighted by molar-refractivity contribution is 9.10. The van der Waals surface area contributed by atoms with Gasteiger partial charge in [-0.3, -0.25) is 9.48 Å². The van der Waals surface area contributed by atoms with Crippen LogP contribution >= 0.6 is 15.9 Å². The molecule has 110 valence electrons. The molecule has 2 rings (SSSR count). The minimum Gasteiger partial charge on any atom is -0.493 e. The average Bonchev–Trinajstić information content (AvgIpc) is 2.96. The largest absolute Gasteiger partial charge is 0.493 e. The third-order valence-electron chi connectivity index (χ3n) is 2.93. The number of carbonyl (C=O) groups excluding carboxylic acids is 1. The minimum atomic E-state index is -0.0721. The van der Waals surface area contributed by atoms with Crippen molar-refractivity contribution >= 4 is 27.8 Å². The van der Waals surface area contributed by atoms with Crippen LogP contribution < -0.4 is 4.74 Å². The van der Waals surface area contributed by atoms with Gasteiger partial charge in [0.25, 0.3) is 0 Å². The number of aryl methyl sites for hydroxylation is 1. The van der Waals surface area contributed by atoms with Crippen molar-refractivity contribution in [2.45, 2.75) is 20.4 Å². The number of hydrogen-bond donors (Lipinski definition) is 0. The van der Waals surface area contributed by atoms with Gasteiger partial charge in [-0.25, -0.2) is 0 Å². The number of carbonyl (C=O) groups is 1. The van der Waals surface area contributed by atoms with Gasteiger partial charge in [0.15, 0.2) is 5.78 Å². The van der Waals surface area contributed by atoms with Crippen molar-refractivity contribution in [3.05, 3.63) is 52.3 Å². The second-order valence-corrected chi connectivity index (χ2v) is 5.31. The van der Waals surface area contributed by atoms with Crippen LogP contribution in [-0.4, -0.2) is 22.2 Å². The van der Waals surface area contributed by atoms with E-state index in [9.17, 15) is 4.79 Å². The van der Waals surface area contributed by atoms with E-state index in [2.05, 4.69) is 21.0 Å². The van der Waals surface area contributed by atoms with Crippen molar-refractivity contribution in [2.75, 3.05) is 6.61 Å². The minimum absolute atomic E-state index is 0.0721. The topological polar surface area (TPSA) is 44.1 Å². The molecular weight excluding hydrogens is 332 g/mol. The Morgan fingerprint density at radius 2 is 2.24 bits per heavy atom. The lowest BCUT2D eigenvalue weighted by Gasteiger charge is -2.07. The first kappa shape index (κ1) is 15.5. The van der Waals surface area contributed by atoms with Crippen LogP contribution in [0.1, 0.15) is 29.8 Å². The normalized spacial score (nSPS) is 11.0. The summed E-state index contributed by atoms with van der Waals surface area (Å²) in [5.74, 6) is 0.686. The van der Waals surface area contributed by atoms with Crippen LogP contribution in [0.15, 0.2) is 41.1 Å². The Kier molecular flexibility index (Phi) is 5.33. The van der Waals surface area contributed by atoms with Crippen LogP contribution in [0.4, 0.5) is 0 Å². The van der Waals surface area contributed by atoms with E-state index in [1.807, 2.05) is 32.0 Å². The highest BCUT2D eigenvalue weighted by Crippen LogP contribution is 2.24. The third kappa shape index (κ3) is 4.04. The predicted molar refractivity (Wildman–Crippen MR) is 86.6 cm³/mol. The first-order chi connectivity index (χ1) is 10.1. The average molecular weight is 349 g/mol. The molecule has 0 aliphatic rings. The molecule has 0 unspecified atom stereocenters. The quantitative estimate of drug-likeness (QED) is 0.586. The van der Waals surface area contributed by atoms with E-state index >= 15 is 0 Å². The van der Waals surface area contributed by atoms with Gasteiger partial charge < -0.3 is 4.74 Å². The molecule has 2 aromatic rings. The van der Waals surface area contributed by atoms with Crippen LogP contribution in [0, 0.1) is 0 Å². The summed E-state index contributed by atoms with van der Waals surface area (Å²) in [5, 5.41) is 4.10. The molecular formula is C16H17BrN2O2. The Morgan fingerprint density at radius 3 is 2.90 bits per heavy atom. The zero-order chi connectivity index (χ0) is 15.2. The SMILES string of the molecule is CCOc1ccc(Br)cc1/C=C/C(=O)c1cnn(CC)c1. The highest BCUT2D eigenvalue weighted by atomic mass is 79.9. The monoisotopic (exact) mass is 348 g/mol. The predicted octanol–water partition coefficient (Wildman–Crippen LogP) is 3.96. The molecule has 0 aliphatic carbocycles. The summed E-state index contributed by atoms with van der Waals surface area (Å²) in [7, 11) is 0. The molecule has 0 bridgehead atoms. The number of halogens is 1. The summed E-state index contributed by atoms with van der Waals surface area (Å²) in [4.78, 5) is 12.1. The Balaban J connectivity index is 2.20. The molecule has 0 N–H and O–H groups in total. The van der Waals surface area contributed by atoms with Gasteiger partial charge in [0.2, 0.25) is 0 Å². The smallest absolute Gasteiger partial charge is 0.189 e. The fourth-order valence-corrected chi connectivity index (χ4v) is 2.24. The van der Waals surface area contributed by atoms with Gasteiger partial charge in [0, 0.05) is 22.8 Å². The Bertz CT molecular complexity index is 662. The summed E-state index contributed by atoms with van der Waals surface area (Å²) in [6.45, 7) is 5.24. The first-order valence-electron chi connectivity index (χ1n) is 6.81. The zero-order valence-electron chi connectivity index (χ0n) is 12.0. The summed E-state index contributed by atoms with van der Waals surface area (Å²) in [6.07, 6.45) is 6.64. The van der Waals surface area contributed by atoms with E-state index in [-0.39, 0.29) is 5.78 Å². The molecule has 21 heavy (non-hydrogen) atoms. The molecule has 0 saturated heterocycles. The van der Waals surface area contributed by atoms with Crippen LogP contribution in [0.5, 0.6) is 5.75 Å². The van der Waals surface area contributed by atoms with E-state index < -0.39 is 0 Å². The van der Waals surface area contributed by atoms with Gasteiger partial charge in [0.1, 0.15) is 5.75 Å². The molecule has 0 amide bonds. The molecule has 0 spiro atoms.